The van der Waals surface area contributed by atoms with Crippen LogP contribution in [0.15, 0.2) is 53.1 Å². The molecule has 0 bridgehead atoms. The van der Waals surface area contributed by atoms with Crippen LogP contribution < -0.4 is 73.6 Å². The first-order valence-corrected chi connectivity index (χ1v) is 12.1. The Bertz CT molecular complexity index is 1500. The molecule has 15 heteroatoms. The summed E-state index contributed by atoms with van der Waals surface area (Å²) in [6.45, 7) is 6.49. The molecule has 36 heavy (non-hydrogen) atoms. The fourth-order valence-corrected chi connectivity index (χ4v) is 4.05. The van der Waals surface area contributed by atoms with Crippen LogP contribution in [0.1, 0.15) is 11.3 Å². The van der Waals surface area contributed by atoms with Gasteiger partial charge >= 0.3 is 59.1 Å². The number of phosphoric acid groups is 1. The molecule has 0 atom stereocenters. The van der Waals surface area contributed by atoms with E-state index in [9.17, 15) is 14.4 Å². The standard InChI is InChI=1S/C21H14BrClFN4O5P.2Na/c1-25-14-8-13(23)9-15(10-14)33-20-17(22)5-4-12(19(20)24)7-18-16-3-2-6-26-21(16)28(27-18)11-32-34(29,30)31;;/h2-6,8-10H,7,11H2,(H2,29,30,31);;/q;2*+1/p-2. The van der Waals surface area contributed by atoms with Crippen molar-refractivity contribution >= 4 is 52.1 Å². The molecule has 2 aromatic heterocycles. The van der Waals surface area contributed by atoms with Gasteiger partial charge < -0.3 is 23.6 Å². The van der Waals surface area contributed by atoms with Gasteiger partial charge in [0.05, 0.1) is 24.6 Å². The first kappa shape index (κ1) is 31.4. The Labute approximate surface area is 262 Å². The first-order chi connectivity index (χ1) is 16.1. The van der Waals surface area contributed by atoms with Crippen LogP contribution in [0.2, 0.25) is 5.02 Å². The fourth-order valence-electron chi connectivity index (χ4n) is 3.19. The van der Waals surface area contributed by atoms with Gasteiger partial charge in [0.1, 0.15) is 12.5 Å². The average molecular weight is 612 g/mol. The summed E-state index contributed by atoms with van der Waals surface area (Å²) in [6.07, 6.45) is 1.47. The summed E-state index contributed by atoms with van der Waals surface area (Å²) >= 11 is 9.28. The van der Waals surface area contributed by atoms with Crippen LogP contribution in [0.4, 0.5) is 10.1 Å². The van der Waals surface area contributed by atoms with Gasteiger partial charge in [-0.2, -0.15) is 5.10 Å². The number of ether oxygens (including phenoxy) is 1. The Balaban J connectivity index is 0.00000228. The molecule has 4 aromatic rings. The van der Waals surface area contributed by atoms with E-state index >= 15 is 4.39 Å². The van der Waals surface area contributed by atoms with E-state index in [0.29, 0.717) is 15.6 Å². The van der Waals surface area contributed by atoms with Crippen LogP contribution in [0.25, 0.3) is 15.9 Å². The smallest absolute Gasteiger partial charge is 0.790 e. The molecule has 174 valence electrons. The molecule has 0 saturated heterocycles. The summed E-state index contributed by atoms with van der Waals surface area (Å²) in [4.78, 5) is 29.2. The van der Waals surface area contributed by atoms with E-state index in [1.165, 1.54) is 30.5 Å². The van der Waals surface area contributed by atoms with Gasteiger partial charge in [0, 0.05) is 23.0 Å². The fraction of sp³-hybridized carbons (Fsp3) is 0.0952. The zero-order valence-electron chi connectivity index (χ0n) is 18.9. The summed E-state index contributed by atoms with van der Waals surface area (Å²) in [6, 6.07) is 10.8. The normalized spacial score (nSPS) is 10.9. The van der Waals surface area contributed by atoms with E-state index in [-0.39, 0.29) is 99.0 Å². The van der Waals surface area contributed by atoms with E-state index in [1.54, 1.807) is 18.2 Å². The number of halogens is 3. The third kappa shape index (κ3) is 7.60. The molecular weight excluding hydrogens is 600 g/mol. The van der Waals surface area contributed by atoms with Crippen LogP contribution in [0.3, 0.4) is 0 Å². The van der Waals surface area contributed by atoms with E-state index in [1.807, 2.05) is 0 Å². The van der Waals surface area contributed by atoms with Gasteiger partial charge in [-0.1, -0.05) is 17.7 Å². The van der Waals surface area contributed by atoms with E-state index in [2.05, 4.69) is 35.4 Å². The van der Waals surface area contributed by atoms with E-state index < -0.39 is 20.4 Å². The molecule has 0 fully saturated rings. The van der Waals surface area contributed by atoms with Crippen molar-refractivity contribution in [2.24, 2.45) is 0 Å². The van der Waals surface area contributed by atoms with Crippen LogP contribution in [0.5, 0.6) is 11.5 Å². The molecule has 0 N–H and O–H groups in total. The van der Waals surface area contributed by atoms with Crippen molar-refractivity contribution in [3.05, 3.63) is 86.6 Å². The van der Waals surface area contributed by atoms with Crippen molar-refractivity contribution in [3.8, 4) is 11.5 Å². The number of aromatic nitrogens is 3. The van der Waals surface area contributed by atoms with Crippen LogP contribution in [-0.4, -0.2) is 14.8 Å². The van der Waals surface area contributed by atoms with Crippen LogP contribution in [0, 0.1) is 12.4 Å². The quantitative estimate of drug-likeness (QED) is 0.145. The predicted molar refractivity (Wildman–Crippen MR) is 121 cm³/mol. The number of nitrogens with zero attached hydrogens (tertiary/aromatic N) is 4. The number of pyridine rings is 1. The molecule has 0 aliphatic rings. The van der Waals surface area contributed by atoms with Crippen molar-refractivity contribution in [2.45, 2.75) is 13.2 Å². The Hall–Kier alpha value is -0.840. The second-order valence-corrected chi connectivity index (χ2v) is 9.35. The van der Waals surface area contributed by atoms with Gasteiger partial charge in [-0.15, -0.1) is 0 Å². The van der Waals surface area contributed by atoms with Crippen molar-refractivity contribution in [1.29, 1.82) is 0 Å². The van der Waals surface area contributed by atoms with Gasteiger partial charge in [-0.05, 0) is 57.9 Å². The van der Waals surface area contributed by atoms with Gasteiger partial charge in [0.25, 0.3) is 0 Å². The third-order valence-electron chi connectivity index (χ3n) is 4.61. The largest absolute Gasteiger partial charge is 1.00 e. The number of hydrogen-bond donors (Lipinski definition) is 0. The van der Waals surface area contributed by atoms with Gasteiger partial charge in [-0.25, -0.2) is 18.9 Å². The molecule has 0 unspecified atom stereocenters. The zero-order valence-corrected chi connectivity index (χ0v) is 26.2. The van der Waals surface area contributed by atoms with Crippen molar-refractivity contribution in [3.63, 3.8) is 0 Å². The minimum Gasteiger partial charge on any atom is -0.790 e. The van der Waals surface area contributed by atoms with Crippen LogP contribution >= 0.6 is 35.4 Å². The molecule has 2 aromatic carbocycles. The molecule has 4 rings (SSSR count). The first-order valence-electron chi connectivity index (χ1n) is 9.44. The molecule has 9 nitrogen and oxygen atoms in total. The average Bonchev–Trinajstić information content (AvgIpc) is 3.14. The summed E-state index contributed by atoms with van der Waals surface area (Å²) < 4.78 is 37.8. The Kier molecular flexibility index (Phi) is 11.6. The maximum atomic E-state index is 15.5. The second kappa shape index (κ2) is 13.3. The Morgan fingerprint density at radius 2 is 1.97 bits per heavy atom. The maximum Gasteiger partial charge on any atom is 1.00 e. The number of hydrogen-bond acceptors (Lipinski definition) is 7. The summed E-state index contributed by atoms with van der Waals surface area (Å²) in [5, 5.41) is 5.05. The van der Waals surface area contributed by atoms with Gasteiger partial charge in [0.15, 0.2) is 22.9 Å². The molecule has 0 amide bonds. The topological polar surface area (TPSA) is 117 Å². The van der Waals surface area contributed by atoms with Crippen molar-refractivity contribution < 1.29 is 87.1 Å². The number of benzene rings is 2. The van der Waals surface area contributed by atoms with E-state index in [0.717, 1.165) is 4.68 Å². The third-order valence-corrected chi connectivity index (χ3v) is 5.89. The monoisotopic (exact) mass is 610 g/mol. The number of fused-ring (bicyclic) bond motifs is 1. The molecule has 0 saturated carbocycles. The molecule has 0 spiro atoms. The van der Waals surface area contributed by atoms with E-state index in [4.69, 9.17) is 22.9 Å². The zero-order chi connectivity index (χ0) is 24.5. The molecule has 2 heterocycles. The molecule has 0 aliphatic carbocycles. The number of phosphoric ester groups is 1. The predicted octanol–water partition coefficient (Wildman–Crippen LogP) is -1.27. The Morgan fingerprint density at radius 3 is 2.67 bits per heavy atom. The Morgan fingerprint density at radius 1 is 1.22 bits per heavy atom. The number of rotatable bonds is 7. The van der Waals surface area contributed by atoms with Crippen molar-refractivity contribution in [2.75, 3.05) is 0 Å². The molecule has 0 radical (unpaired) electrons. The minimum atomic E-state index is -5.23. The maximum absolute atomic E-state index is 15.5. The molecule has 0 aliphatic heterocycles. The minimum absolute atomic E-state index is 0. The van der Waals surface area contributed by atoms with Crippen LogP contribution in [-0.2, 0) is 22.2 Å². The molecular formula is C21H12BrClFN4Na2O5P. The summed E-state index contributed by atoms with van der Waals surface area (Å²) in [5.74, 6) is -0.601. The summed E-state index contributed by atoms with van der Waals surface area (Å²) in [5.41, 5.74) is 1.11. The van der Waals surface area contributed by atoms with Crippen molar-refractivity contribution in [1.82, 2.24) is 14.8 Å². The second-order valence-electron chi connectivity index (χ2n) is 6.91. The summed E-state index contributed by atoms with van der Waals surface area (Å²) in [7, 11) is -5.23. The SMILES string of the molecule is [C-]#[N+]c1cc(Cl)cc(Oc2c(Br)ccc(Cc3nn(COP(=O)([O-])[O-])c4ncccc34)c2F)c1.[Na+].[Na+]. The van der Waals surface area contributed by atoms with Gasteiger partial charge in [0.2, 0.25) is 0 Å². The van der Waals surface area contributed by atoms with Gasteiger partial charge in [-0.3, -0.25) is 0 Å².